The van der Waals surface area contributed by atoms with Crippen LogP contribution in [0.2, 0.25) is 0 Å². The van der Waals surface area contributed by atoms with E-state index in [0.717, 1.165) is 39.6 Å². The lowest BCUT2D eigenvalue weighted by Gasteiger charge is -2.02. The molecule has 0 aliphatic rings. The van der Waals surface area contributed by atoms with Crippen molar-refractivity contribution in [2.24, 2.45) is 0 Å². The Morgan fingerprint density at radius 1 is 0.636 bits per heavy atom. The average Bonchev–Trinajstić information content (AvgIpc) is 2.38. The molecule has 3 aromatic rings. The van der Waals surface area contributed by atoms with Gasteiger partial charge >= 0.3 is 0 Å². The number of aryl methyl sites for hydroxylation is 6. The molecule has 0 atom stereocenters. The highest BCUT2D eigenvalue weighted by Gasteiger charge is 2.00. The molecular weight excluding hydrogens is 272 g/mol. The third kappa shape index (κ3) is 4.07. The predicted molar refractivity (Wildman–Crippen MR) is 90.0 cm³/mol. The van der Waals surface area contributed by atoms with Gasteiger partial charge in [0.2, 0.25) is 0 Å². The second kappa shape index (κ2) is 6.60. The van der Waals surface area contributed by atoms with Gasteiger partial charge in [-0.1, -0.05) is 11.6 Å². The van der Waals surface area contributed by atoms with E-state index in [9.17, 15) is 0 Å². The summed E-state index contributed by atoms with van der Waals surface area (Å²) < 4.78 is 0. The summed E-state index contributed by atoms with van der Waals surface area (Å²) in [5.74, 6) is 1.70. The largest absolute Gasteiger partial charge is 0.239 e. The molecule has 0 N–H and O–H groups in total. The summed E-state index contributed by atoms with van der Waals surface area (Å²) in [6.45, 7) is 11.9. The van der Waals surface area contributed by atoms with Crippen molar-refractivity contribution in [3.63, 3.8) is 0 Å². The lowest BCUT2D eigenvalue weighted by Crippen LogP contribution is -1.93. The van der Waals surface area contributed by atoms with Crippen LogP contribution in [0.4, 0.5) is 0 Å². The van der Waals surface area contributed by atoms with Gasteiger partial charge in [-0.05, 0) is 59.7 Å². The standard InChI is InChI=1S/C11H12N2.C7H10N2/c1-7-4-5-11-10(6-7)8(2)12-9(3)13-11;1-5-4-6(2)9-7(3)8-5/h4-6H,1-3H3;4H,1-3H3. The Hall–Kier alpha value is -2.36. The number of nitrogens with zero attached hydrogens (tertiary/aromatic N) is 4. The fourth-order valence-electron chi connectivity index (χ4n) is 2.44. The zero-order chi connectivity index (χ0) is 16.3. The van der Waals surface area contributed by atoms with E-state index in [-0.39, 0.29) is 0 Å². The molecule has 4 heteroatoms. The van der Waals surface area contributed by atoms with Crippen LogP contribution in [0.5, 0.6) is 0 Å². The van der Waals surface area contributed by atoms with Crippen LogP contribution in [0.1, 0.15) is 34.3 Å². The Bertz CT molecular complexity index is 759. The van der Waals surface area contributed by atoms with Crippen LogP contribution in [-0.4, -0.2) is 19.9 Å². The molecule has 0 bridgehead atoms. The highest BCUT2D eigenvalue weighted by Crippen LogP contribution is 2.16. The van der Waals surface area contributed by atoms with Gasteiger partial charge in [-0.3, -0.25) is 0 Å². The zero-order valence-electron chi connectivity index (χ0n) is 14.1. The topological polar surface area (TPSA) is 51.6 Å². The third-order valence-electron chi connectivity index (χ3n) is 3.25. The summed E-state index contributed by atoms with van der Waals surface area (Å²) in [6.07, 6.45) is 0. The molecule has 1 aromatic carbocycles. The van der Waals surface area contributed by atoms with Gasteiger partial charge in [0, 0.05) is 22.5 Å². The van der Waals surface area contributed by atoms with Gasteiger partial charge in [-0.2, -0.15) is 0 Å². The Morgan fingerprint density at radius 2 is 1.23 bits per heavy atom. The quantitative estimate of drug-likeness (QED) is 0.630. The van der Waals surface area contributed by atoms with E-state index in [1.54, 1.807) is 0 Å². The highest BCUT2D eigenvalue weighted by molar-refractivity contribution is 5.81. The van der Waals surface area contributed by atoms with Crippen LogP contribution >= 0.6 is 0 Å². The molecule has 3 rings (SSSR count). The molecule has 0 aliphatic carbocycles. The van der Waals surface area contributed by atoms with E-state index in [2.05, 4.69) is 39.0 Å². The molecule has 4 nitrogen and oxygen atoms in total. The molecular formula is C18H22N4. The number of benzene rings is 1. The molecule has 0 aliphatic heterocycles. The highest BCUT2D eigenvalue weighted by atomic mass is 14.9. The molecule has 2 aromatic heterocycles. The minimum absolute atomic E-state index is 0.842. The summed E-state index contributed by atoms with van der Waals surface area (Å²) in [4.78, 5) is 16.9. The minimum Gasteiger partial charge on any atom is -0.239 e. The first-order valence-electron chi connectivity index (χ1n) is 7.35. The Balaban J connectivity index is 0.000000172. The fourth-order valence-corrected chi connectivity index (χ4v) is 2.44. The number of fused-ring (bicyclic) bond motifs is 1. The Kier molecular flexibility index (Phi) is 4.81. The molecule has 2 heterocycles. The van der Waals surface area contributed by atoms with Crippen molar-refractivity contribution >= 4 is 10.9 Å². The smallest absolute Gasteiger partial charge is 0.126 e. The van der Waals surface area contributed by atoms with Gasteiger partial charge in [0.25, 0.3) is 0 Å². The van der Waals surface area contributed by atoms with Crippen molar-refractivity contribution in [2.45, 2.75) is 41.5 Å². The molecule has 0 fully saturated rings. The summed E-state index contributed by atoms with van der Waals surface area (Å²) in [5, 5.41) is 1.16. The second-order valence-corrected chi connectivity index (χ2v) is 5.57. The zero-order valence-corrected chi connectivity index (χ0v) is 14.1. The first kappa shape index (κ1) is 16.0. The van der Waals surface area contributed by atoms with E-state index >= 15 is 0 Å². The summed E-state index contributed by atoms with van der Waals surface area (Å²) in [6, 6.07) is 8.22. The van der Waals surface area contributed by atoms with Crippen molar-refractivity contribution in [2.75, 3.05) is 0 Å². The fraction of sp³-hybridized carbons (Fsp3) is 0.333. The van der Waals surface area contributed by atoms with E-state index in [1.165, 1.54) is 5.56 Å². The maximum absolute atomic E-state index is 4.37. The molecule has 0 unspecified atom stereocenters. The third-order valence-corrected chi connectivity index (χ3v) is 3.25. The van der Waals surface area contributed by atoms with Crippen molar-refractivity contribution < 1.29 is 0 Å². The van der Waals surface area contributed by atoms with Crippen molar-refractivity contribution in [1.82, 2.24) is 19.9 Å². The average molecular weight is 294 g/mol. The summed E-state index contributed by atoms with van der Waals surface area (Å²) in [5.41, 5.74) is 5.44. The number of aromatic nitrogens is 4. The van der Waals surface area contributed by atoms with Crippen LogP contribution in [0, 0.1) is 41.5 Å². The summed E-state index contributed by atoms with van der Waals surface area (Å²) >= 11 is 0. The molecule has 0 saturated carbocycles. The Morgan fingerprint density at radius 3 is 1.82 bits per heavy atom. The summed E-state index contributed by atoms with van der Waals surface area (Å²) in [7, 11) is 0. The van der Waals surface area contributed by atoms with Gasteiger partial charge in [-0.25, -0.2) is 19.9 Å². The van der Waals surface area contributed by atoms with Crippen LogP contribution in [0.25, 0.3) is 10.9 Å². The van der Waals surface area contributed by atoms with Crippen molar-refractivity contribution in [3.8, 4) is 0 Å². The maximum Gasteiger partial charge on any atom is 0.126 e. The van der Waals surface area contributed by atoms with Gasteiger partial charge < -0.3 is 0 Å². The molecule has 0 spiro atoms. The van der Waals surface area contributed by atoms with E-state index in [1.807, 2.05) is 46.8 Å². The molecule has 22 heavy (non-hydrogen) atoms. The van der Waals surface area contributed by atoms with Gasteiger partial charge in [0.1, 0.15) is 11.6 Å². The first-order valence-corrected chi connectivity index (χ1v) is 7.35. The number of rotatable bonds is 0. The molecule has 0 radical (unpaired) electrons. The van der Waals surface area contributed by atoms with E-state index in [4.69, 9.17) is 0 Å². The Labute approximate surface area is 131 Å². The lowest BCUT2D eigenvalue weighted by atomic mass is 10.1. The predicted octanol–water partition coefficient (Wildman–Crippen LogP) is 3.96. The van der Waals surface area contributed by atoms with E-state index < -0.39 is 0 Å². The SMILES string of the molecule is Cc1cc(C)nc(C)n1.Cc1ccc2nc(C)nc(C)c2c1. The lowest BCUT2D eigenvalue weighted by molar-refractivity contribution is 0.976. The number of hydrogen-bond acceptors (Lipinski definition) is 4. The van der Waals surface area contributed by atoms with Crippen molar-refractivity contribution in [3.05, 3.63) is 58.6 Å². The van der Waals surface area contributed by atoms with Gasteiger partial charge in [0.05, 0.1) is 5.52 Å². The van der Waals surface area contributed by atoms with Crippen LogP contribution in [-0.2, 0) is 0 Å². The molecule has 0 amide bonds. The maximum atomic E-state index is 4.37. The van der Waals surface area contributed by atoms with Crippen LogP contribution in [0.3, 0.4) is 0 Å². The van der Waals surface area contributed by atoms with Crippen molar-refractivity contribution in [1.29, 1.82) is 0 Å². The molecule has 0 saturated heterocycles. The van der Waals surface area contributed by atoms with Crippen LogP contribution < -0.4 is 0 Å². The minimum atomic E-state index is 0.842. The second-order valence-electron chi connectivity index (χ2n) is 5.57. The number of hydrogen-bond donors (Lipinski definition) is 0. The molecule has 114 valence electrons. The van der Waals surface area contributed by atoms with Crippen LogP contribution in [0.15, 0.2) is 24.3 Å². The van der Waals surface area contributed by atoms with Gasteiger partial charge in [0.15, 0.2) is 0 Å². The normalized spacial score (nSPS) is 10.3. The van der Waals surface area contributed by atoms with E-state index in [0.29, 0.717) is 0 Å². The first-order chi connectivity index (χ1) is 10.3. The monoisotopic (exact) mass is 294 g/mol. The van der Waals surface area contributed by atoms with Gasteiger partial charge in [-0.15, -0.1) is 0 Å².